The van der Waals surface area contributed by atoms with Crippen LogP contribution < -0.4 is 5.32 Å². The van der Waals surface area contributed by atoms with Crippen molar-refractivity contribution < 1.29 is 9.21 Å². The Bertz CT molecular complexity index is 783. The minimum Gasteiger partial charge on any atom is -0.450 e. The summed E-state index contributed by atoms with van der Waals surface area (Å²) < 4.78 is 6.87. The third-order valence-corrected chi connectivity index (χ3v) is 5.30. The number of nitriles is 1. The summed E-state index contributed by atoms with van der Waals surface area (Å²) in [7, 11) is 0. The Morgan fingerprint density at radius 3 is 2.77 bits per heavy atom. The van der Waals surface area contributed by atoms with Gasteiger partial charge in [-0.05, 0) is 53.0 Å². The van der Waals surface area contributed by atoms with E-state index in [2.05, 4.69) is 21.2 Å². The van der Waals surface area contributed by atoms with Crippen molar-refractivity contribution in [3.05, 3.63) is 55.0 Å². The molecule has 112 valence electrons. The van der Waals surface area contributed by atoms with Crippen molar-refractivity contribution in [2.45, 2.75) is 13.8 Å². The molecular weight excluding hydrogens is 459 g/mol. The Morgan fingerprint density at radius 1 is 1.45 bits per heavy atom. The third-order valence-electron chi connectivity index (χ3n) is 3.17. The van der Waals surface area contributed by atoms with Gasteiger partial charge in [-0.1, -0.05) is 12.1 Å². The summed E-state index contributed by atoms with van der Waals surface area (Å²) in [6.07, 6.45) is 1.42. The van der Waals surface area contributed by atoms with Gasteiger partial charge in [0, 0.05) is 34.4 Å². The quantitative estimate of drug-likeness (QED) is 0.397. The first kappa shape index (κ1) is 16.8. The second-order valence-electron chi connectivity index (χ2n) is 4.64. The molecule has 0 aliphatic rings. The standard InChI is InChI=1S/C16H12BrIN2O2/c1-9-4-3-5-14(10(9)2)20-16(21)11(8-19)6-12-7-13(17)15(18)22-12/h3-7H,1-2H3,(H,20,21). The van der Waals surface area contributed by atoms with Crippen molar-refractivity contribution in [2.24, 2.45) is 0 Å². The average Bonchev–Trinajstić information content (AvgIpc) is 2.79. The van der Waals surface area contributed by atoms with E-state index < -0.39 is 5.91 Å². The summed E-state index contributed by atoms with van der Waals surface area (Å²) in [6.45, 7) is 3.89. The Hall–Kier alpha value is -1.59. The number of carbonyl (C=O) groups excluding carboxylic acids is 1. The highest BCUT2D eigenvalue weighted by Crippen LogP contribution is 2.25. The van der Waals surface area contributed by atoms with Crippen LogP contribution in [0.25, 0.3) is 6.08 Å². The SMILES string of the molecule is Cc1cccc(NC(=O)C(C#N)=Cc2cc(Br)c(I)o2)c1C. The van der Waals surface area contributed by atoms with E-state index in [0.717, 1.165) is 15.6 Å². The number of hydrogen-bond acceptors (Lipinski definition) is 3. The molecule has 0 aliphatic carbocycles. The first-order valence-electron chi connectivity index (χ1n) is 6.36. The molecule has 2 rings (SSSR count). The fraction of sp³-hybridized carbons (Fsp3) is 0.125. The monoisotopic (exact) mass is 470 g/mol. The molecule has 0 radical (unpaired) electrons. The first-order valence-corrected chi connectivity index (χ1v) is 8.23. The fourth-order valence-corrected chi connectivity index (χ4v) is 2.52. The van der Waals surface area contributed by atoms with Crippen LogP contribution in [0.5, 0.6) is 0 Å². The van der Waals surface area contributed by atoms with Gasteiger partial charge in [0.2, 0.25) is 0 Å². The molecule has 1 N–H and O–H groups in total. The van der Waals surface area contributed by atoms with Crippen LogP contribution in [-0.4, -0.2) is 5.91 Å². The van der Waals surface area contributed by atoms with Gasteiger partial charge in [0.25, 0.3) is 5.91 Å². The van der Waals surface area contributed by atoms with Gasteiger partial charge in [0.15, 0.2) is 3.77 Å². The van der Waals surface area contributed by atoms with Crippen molar-refractivity contribution in [3.63, 3.8) is 0 Å². The minimum atomic E-state index is -0.460. The van der Waals surface area contributed by atoms with Crippen LogP contribution >= 0.6 is 38.5 Å². The van der Waals surface area contributed by atoms with Gasteiger partial charge in [-0.25, -0.2) is 0 Å². The van der Waals surface area contributed by atoms with Crippen LogP contribution in [0.15, 0.2) is 38.7 Å². The van der Waals surface area contributed by atoms with Gasteiger partial charge in [0.1, 0.15) is 17.4 Å². The molecule has 1 aromatic heterocycles. The van der Waals surface area contributed by atoms with Crippen molar-refractivity contribution in [1.29, 1.82) is 5.26 Å². The van der Waals surface area contributed by atoms with Crippen LogP contribution in [0.3, 0.4) is 0 Å². The van der Waals surface area contributed by atoms with Crippen LogP contribution in [0, 0.1) is 28.9 Å². The van der Waals surface area contributed by atoms with Crippen molar-refractivity contribution in [1.82, 2.24) is 0 Å². The number of nitrogens with zero attached hydrogens (tertiary/aromatic N) is 1. The molecule has 2 aromatic rings. The normalized spacial score (nSPS) is 11.1. The number of furan rings is 1. The van der Waals surface area contributed by atoms with Gasteiger partial charge in [-0.2, -0.15) is 5.26 Å². The molecule has 0 bridgehead atoms. The molecule has 0 saturated heterocycles. The summed E-state index contributed by atoms with van der Waals surface area (Å²) in [5.41, 5.74) is 2.73. The molecule has 0 unspecified atom stereocenters. The summed E-state index contributed by atoms with van der Waals surface area (Å²) in [4.78, 5) is 12.2. The van der Waals surface area contributed by atoms with E-state index in [0.29, 0.717) is 15.2 Å². The Labute approximate surface area is 150 Å². The third kappa shape index (κ3) is 3.78. The minimum absolute atomic E-state index is 0.0152. The number of rotatable bonds is 3. The molecule has 22 heavy (non-hydrogen) atoms. The molecular formula is C16H12BrIN2O2. The number of hydrogen-bond donors (Lipinski definition) is 1. The van der Waals surface area contributed by atoms with E-state index in [1.54, 1.807) is 6.07 Å². The topological polar surface area (TPSA) is 66.0 Å². The lowest BCUT2D eigenvalue weighted by atomic mass is 10.1. The van der Waals surface area contributed by atoms with Gasteiger partial charge >= 0.3 is 0 Å². The first-order chi connectivity index (χ1) is 10.4. The summed E-state index contributed by atoms with van der Waals surface area (Å²) in [5.74, 6) is -0.0114. The van der Waals surface area contributed by atoms with Gasteiger partial charge in [0.05, 0.1) is 4.47 Å². The maximum atomic E-state index is 12.2. The lowest BCUT2D eigenvalue weighted by Gasteiger charge is -2.09. The molecule has 1 aromatic carbocycles. The lowest BCUT2D eigenvalue weighted by molar-refractivity contribution is -0.112. The number of halogens is 2. The highest BCUT2D eigenvalue weighted by Gasteiger charge is 2.13. The smallest absolute Gasteiger partial charge is 0.266 e. The summed E-state index contributed by atoms with van der Waals surface area (Å²) in [6, 6.07) is 9.25. The number of anilines is 1. The largest absolute Gasteiger partial charge is 0.450 e. The van der Waals surface area contributed by atoms with E-state index in [1.807, 2.05) is 60.7 Å². The van der Waals surface area contributed by atoms with Gasteiger partial charge in [-0.15, -0.1) is 0 Å². The van der Waals surface area contributed by atoms with Crippen LogP contribution in [0.1, 0.15) is 16.9 Å². The highest BCUT2D eigenvalue weighted by atomic mass is 127. The molecule has 4 nitrogen and oxygen atoms in total. The predicted molar refractivity (Wildman–Crippen MR) is 97.3 cm³/mol. The molecule has 0 saturated carbocycles. The van der Waals surface area contributed by atoms with E-state index in [1.165, 1.54) is 6.08 Å². The molecule has 1 heterocycles. The zero-order valence-corrected chi connectivity index (χ0v) is 15.6. The van der Waals surface area contributed by atoms with Gasteiger partial charge < -0.3 is 9.73 Å². The summed E-state index contributed by atoms with van der Waals surface area (Å²) in [5, 5.41) is 12.0. The van der Waals surface area contributed by atoms with E-state index in [-0.39, 0.29) is 5.57 Å². The highest BCUT2D eigenvalue weighted by molar-refractivity contribution is 14.1. The summed E-state index contributed by atoms with van der Waals surface area (Å²) >= 11 is 5.34. The molecule has 1 amide bonds. The predicted octanol–water partition coefficient (Wildman–Crippen LogP) is 4.81. The number of amides is 1. The Balaban J connectivity index is 2.26. The molecule has 6 heteroatoms. The fourth-order valence-electron chi connectivity index (χ4n) is 1.80. The molecule has 0 fully saturated rings. The maximum absolute atomic E-state index is 12.2. The van der Waals surface area contributed by atoms with Crippen LogP contribution in [0.4, 0.5) is 5.69 Å². The number of aryl methyl sites for hydroxylation is 1. The second-order valence-corrected chi connectivity index (χ2v) is 6.48. The van der Waals surface area contributed by atoms with E-state index in [4.69, 9.17) is 4.42 Å². The molecule has 0 atom stereocenters. The maximum Gasteiger partial charge on any atom is 0.266 e. The Morgan fingerprint density at radius 2 is 2.18 bits per heavy atom. The van der Waals surface area contributed by atoms with Gasteiger partial charge in [-0.3, -0.25) is 4.79 Å². The zero-order valence-electron chi connectivity index (χ0n) is 11.9. The van der Waals surface area contributed by atoms with Crippen LogP contribution in [-0.2, 0) is 4.79 Å². The second kappa shape index (κ2) is 7.11. The van der Waals surface area contributed by atoms with E-state index in [9.17, 15) is 10.1 Å². The number of carbonyl (C=O) groups is 1. The van der Waals surface area contributed by atoms with E-state index >= 15 is 0 Å². The average molecular weight is 471 g/mol. The molecule has 0 aliphatic heterocycles. The zero-order chi connectivity index (χ0) is 16.3. The van der Waals surface area contributed by atoms with Crippen molar-refractivity contribution >= 4 is 56.2 Å². The van der Waals surface area contributed by atoms with Crippen molar-refractivity contribution in [2.75, 3.05) is 5.32 Å². The van der Waals surface area contributed by atoms with Crippen LogP contribution in [0.2, 0.25) is 0 Å². The number of nitrogens with one attached hydrogen (secondary N) is 1. The van der Waals surface area contributed by atoms with Crippen molar-refractivity contribution in [3.8, 4) is 6.07 Å². The molecule has 0 spiro atoms. The Kier molecular flexibility index (Phi) is 5.42. The number of benzene rings is 1. The lowest BCUT2D eigenvalue weighted by Crippen LogP contribution is -2.14.